The largest absolute Gasteiger partial charge is 0.469 e. The fourth-order valence-corrected chi connectivity index (χ4v) is 1.86. The van der Waals surface area contributed by atoms with Crippen LogP contribution in [0.3, 0.4) is 0 Å². The summed E-state index contributed by atoms with van der Waals surface area (Å²) in [7, 11) is 3.40. The number of carbonyl (C=O) groups excluding carboxylic acids is 3. The van der Waals surface area contributed by atoms with Crippen molar-refractivity contribution in [2.24, 2.45) is 22.9 Å². The van der Waals surface area contributed by atoms with Gasteiger partial charge in [0.1, 0.15) is 0 Å². The van der Waals surface area contributed by atoms with Crippen molar-refractivity contribution in [3.8, 4) is 0 Å². The van der Waals surface area contributed by atoms with Gasteiger partial charge in [-0.05, 0) is 0 Å². The lowest BCUT2D eigenvalue weighted by Gasteiger charge is -2.00. The van der Waals surface area contributed by atoms with Gasteiger partial charge < -0.3 is 19.4 Å². The van der Waals surface area contributed by atoms with Crippen molar-refractivity contribution in [1.29, 1.82) is 0 Å². The summed E-state index contributed by atoms with van der Waals surface area (Å²) in [5.41, 5.74) is -0.400. The van der Waals surface area contributed by atoms with Gasteiger partial charge in [-0.3, -0.25) is 9.59 Å². The maximum atomic E-state index is 11.4. The Morgan fingerprint density at radius 2 is 1.33 bits per heavy atom. The van der Waals surface area contributed by atoms with Gasteiger partial charge in [-0.15, -0.1) is 0 Å². The summed E-state index contributed by atoms with van der Waals surface area (Å²) in [5, 5.41) is 11.5. The number of nitrogens with zero attached hydrogens (tertiary/aromatic N) is 1. The monoisotopic (exact) mass is 259 g/mol. The maximum absolute atomic E-state index is 11.4. The number of ether oxygens (including phenoxy) is 3. The number of hydrogen-bond donors (Lipinski definition) is 1. The molecule has 1 aliphatic rings. The summed E-state index contributed by atoms with van der Waals surface area (Å²) in [6.07, 6.45) is 0. The van der Waals surface area contributed by atoms with Crippen molar-refractivity contribution >= 4 is 23.6 Å². The Morgan fingerprint density at radius 1 is 0.889 bits per heavy atom. The first-order valence-corrected chi connectivity index (χ1v) is 4.99. The molecular weight excluding hydrogens is 246 g/mol. The molecule has 8 nitrogen and oxygen atoms in total. The van der Waals surface area contributed by atoms with E-state index < -0.39 is 41.4 Å². The van der Waals surface area contributed by atoms with E-state index in [0.29, 0.717) is 0 Å². The number of esters is 3. The van der Waals surface area contributed by atoms with Crippen LogP contribution in [0.2, 0.25) is 0 Å². The van der Waals surface area contributed by atoms with Gasteiger partial charge in [-0.25, -0.2) is 4.79 Å². The molecule has 100 valence electrons. The van der Waals surface area contributed by atoms with Crippen LogP contribution in [0, 0.1) is 17.8 Å². The fourth-order valence-electron chi connectivity index (χ4n) is 1.86. The van der Waals surface area contributed by atoms with Crippen LogP contribution in [-0.4, -0.2) is 50.2 Å². The van der Waals surface area contributed by atoms with Gasteiger partial charge in [-0.1, -0.05) is 5.16 Å². The standard InChI is InChI=1S/C10H13NO7/c1-16-8(12)5-4(6(5)9(13)17-2)7(11-15)10(14)18-3/h4-6,15H,1-3H3/b11-7+/t5-,6-/m1/s1. The van der Waals surface area contributed by atoms with E-state index in [2.05, 4.69) is 19.4 Å². The van der Waals surface area contributed by atoms with E-state index in [4.69, 9.17) is 5.21 Å². The predicted molar refractivity (Wildman–Crippen MR) is 55.7 cm³/mol. The summed E-state index contributed by atoms with van der Waals surface area (Å²) in [4.78, 5) is 34.2. The quantitative estimate of drug-likeness (QED) is 0.231. The summed E-state index contributed by atoms with van der Waals surface area (Å²) < 4.78 is 13.4. The van der Waals surface area contributed by atoms with E-state index in [1.54, 1.807) is 0 Å². The minimum absolute atomic E-state index is 0.400. The van der Waals surface area contributed by atoms with Crippen molar-refractivity contribution in [3.05, 3.63) is 0 Å². The van der Waals surface area contributed by atoms with Crippen molar-refractivity contribution in [1.82, 2.24) is 0 Å². The summed E-state index contributed by atoms with van der Waals surface area (Å²) in [5.74, 6) is -4.95. The Kier molecular flexibility index (Phi) is 4.24. The van der Waals surface area contributed by atoms with Crippen LogP contribution >= 0.6 is 0 Å². The van der Waals surface area contributed by atoms with Crippen LogP contribution in [0.5, 0.6) is 0 Å². The average molecular weight is 259 g/mol. The van der Waals surface area contributed by atoms with Crippen molar-refractivity contribution in [2.75, 3.05) is 21.3 Å². The molecule has 0 aromatic heterocycles. The first-order chi connectivity index (χ1) is 8.53. The first-order valence-electron chi connectivity index (χ1n) is 4.99. The normalized spacial score (nSPS) is 26.2. The third-order valence-corrected chi connectivity index (χ3v) is 2.78. The molecule has 0 aliphatic heterocycles. The third kappa shape index (κ3) is 2.27. The second-order valence-electron chi connectivity index (χ2n) is 3.60. The second-order valence-corrected chi connectivity index (χ2v) is 3.60. The van der Waals surface area contributed by atoms with Crippen molar-refractivity contribution < 1.29 is 33.8 Å². The van der Waals surface area contributed by atoms with E-state index in [9.17, 15) is 14.4 Å². The van der Waals surface area contributed by atoms with E-state index in [-0.39, 0.29) is 0 Å². The molecule has 1 rings (SSSR count). The Morgan fingerprint density at radius 3 is 1.61 bits per heavy atom. The molecule has 1 fully saturated rings. The molecule has 0 unspecified atom stereocenters. The molecule has 8 heteroatoms. The lowest BCUT2D eigenvalue weighted by molar-refractivity contribution is -0.148. The minimum atomic E-state index is -0.914. The highest BCUT2D eigenvalue weighted by Crippen LogP contribution is 2.49. The zero-order valence-corrected chi connectivity index (χ0v) is 10.1. The average Bonchev–Trinajstić information content (AvgIpc) is 3.12. The van der Waals surface area contributed by atoms with E-state index in [0.717, 1.165) is 21.3 Å². The maximum Gasteiger partial charge on any atom is 0.356 e. The van der Waals surface area contributed by atoms with Crippen LogP contribution in [0.25, 0.3) is 0 Å². The summed E-state index contributed by atoms with van der Waals surface area (Å²) >= 11 is 0. The Labute approximate surface area is 102 Å². The SMILES string of the molecule is COC(=O)/C(=N/O)C1[C@@H](C(=O)OC)[C@@H]1C(=O)OC. The minimum Gasteiger partial charge on any atom is -0.469 e. The van der Waals surface area contributed by atoms with Gasteiger partial charge in [0.25, 0.3) is 0 Å². The smallest absolute Gasteiger partial charge is 0.356 e. The number of rotatable bonds is 4. The number of methoxy groups -OCH3 is 3. The molecule has 0 spiro atoms. The van der Waals surface area contributed by atoms with Gasteiger partial charge in [-0.2, -0.15) is 0 Å². The molecule has 0 saturated heterocycles. The zero-order valence-electron chi connectivity index (χ0n) is 10.1. The summed E-state index contributed by atoms with van der Waals surface area (Å²) in [6.45, 7) is 0. The molecular formula is C10H13NO7. The summed E-state index contributed by atoms with van der Waals surface area (Å²) in [6, 6.07) is 0. The first kappa shape index (κ1) is 13.9. The molecule has 0 aromatic rings. The number of carbonyl (C=O) groups is 3. The number of oxime groups is 1. The highest BCUT2D eigenvalue weighted by atomic mass is 16.5. The molecule has 2 atom stereocenters. The van der Waals surface area contributed by atoms with Gasteiger partial charge in [0.05, 0.1) is 33.2 Å². The van der Waals surface area contributed by atoms with E-state index in [1.165, 1.54) is 0 Å². The molecule has 0 amide bonds. The lowest BCUT2D eigenvalue weighted by Crippen LogP contribution is -2.21. The fraction of sp³-hybridized carbons (Fsp3) is 0.600. The predicted octanol–water partition coefficient (Wildman–Crippen LogP) is -0.802. The van der Waals surface area contributed by atoms with Crippen LogP contribution in [0.1, 0.15) is 0 Å². The molecule has 0 bridgehead atoms. The van der Waals surface area contributed by atoms with Crippen LogP contribution in [-0.2, 0) is 28.6 Å². The third-order valence-electron chi connectivity index (χ3n) is 2.78. The molecule has 1 aliphatic carbocycles. The number of hydrogen-bond acceptors (Lipinski definition) is 8. The van der Waals surface area contributed by atoms with Crippen LogP contribution in [0.4, 0.5) is 0 Å². The van der Waals surface area contributed by atoms with Crippen LogP contribution in [0.15, 0.2) is 5.16 Å². The molecule has 18 heavy (non-hydrogen) atoms. The Bertz CT molecular complexity index is 381. The topological polar surface area (TPSA) is 111 Å². The molecule has 1 saturated carbocycles. The molecule has 0 radical (unpaired) electrons. The van der Waals surface area contributed by atoms with Gasteiger partial charge in [0.15, 0.2) is 5.71 Å². The Balaban J connectivity index is 2.96. The highest BCUT2D eigenvalue weighted by molar-refractivity contribution is 6.39. The molecule has 0 aromatic carbocycles. The van der Waals surface area contributed by atoms with Gasteiger partial charge in [0.2, 0.25) is 0 Å². The van der Waals surface area contributed by atoms with Crippen molar-refractivity contribution in [2.45, 2.75) is 0 Å². The second kappa shape index (κ2) is 5.48. The van der Waals surface area contributed by atoms with E-state index in [1.807, 2.05) is 0 Å². The van der Waals surface area contributed by atoms with Crippen LogP contribution < -0.4 is 0 Å². The molecule has 1 N–H and O–H groups in total. The van der Waals surface area contributed by atoms with Gasteiger partial charge >= 0.3 is 17.9 Å². The lowest BCUT2D eigenvalue weighted by atomic mass is 10.2. The highest BCUT2D eigenvalue weighted by Gasteiger charge is 2.64. The van der Waals surface area contributed by atoms with Gasteiger partial charge in [0, 0.05) is 5.92 Å². The van der Waals surface area contributed by atoms with E-state index >= 15 is 0 Å². The molecule has 0 heterocycles. The Hall–Kier alpha value is -2.12. The zero-order chi connectivity index (χ0) is 13.9. The van der Waals surface area contributed by atoms with Crippen molar-refractivity contribution in [3.63, 3.8) is 0 Å².